The van der Waals surface area contributed by atoms with E-state index in [9.17, 15) is 4.79 Å². The highest BCUT2D eigenvalue weighted by molar-refractivity contribution is 9.11. The minimum absolute atomic E-state index is 0.339. The fourth-order valence-corrected chi connectivity index (χ4v) is 3.00. The first-order valence-corrected chi connectivity index (χ1v) is 7.70. The van der Waals surface area contributed by atoms with E-state index in [4.69, 9.17) is 4.74 Å². The number of hydrogen-bond acceptors (Lipinski definition) is 6. The number of carbonyl (C=O) groups excluding carboxylic acids is 1. The van der Waals surface area contributed by atoms with Gasteiger partial charge in [-0.3, -0.25) is 0 Å². The van der Waals surface area contributed by atoms with E-state index in [0.717, 1.165) is 3.79 Å². The monoisotopic (exact) mass is 355 g/mol. The maximum Gasteiger partial charge on any atom is 0.341 e. The molecule has 0 saturated heterocycles. The number of rotatable bonds is 5. The van der Waals surface area contributed by atoms with Gasteiger partial charge in [0.25, 0.3) is 0 Å². The van der Waals surface area contributed by atoms with Gasteiger partial charge >= 0.3 is 5.97 Å². The van der Waals surface area contributed by atoms with Crippen molar-refractivity contribution in [2.75, 3.05) is 11.9 Å². The molecular formula is C13H14BrN3O2S. The summed E-state index contributed by atoms with van der Waals surface area (Å²) >= 11 is 5.07. The summed E-state index contributed by atoms with van der Waals surface area (Å²) in [6.45, 7) is 4.52. The lowest BCUT2D eigenvalue weighted by molar-refractivity contribution is 0.0524. The van der Waals surface area contributed by atoms with Gasteiger partial charge in [-0.2, -0.15) is 0 Å². The standard InChI is InChI=1S/C13H14BrN3O2S/c1-3-19-12(18)10-7-16-13(17-8(10)2)15-6-9-4-5-11(14)20-9/h4-5,7H,3,6H2,1-2H3,(H,15,16,17). The molecule has 0 unspecified atom stereocenters. The number of nitrogens with zero attached hydrogens (tertiary/aromatic N) is 2. The first-order valence-electron chi connectivity index (χ1n) is 6.09. The number of nitrogens with one attached hydrogen (secondary N) is 1. The van der Waals surface area contributed by atoms with E-state index < -0.39 is 5.97 Å². The van der Waals surface area contributed by atoms with E-state index in [1.807, 2.05) is 12.1 Å². The summed E-state index contributed by atoms with van der Waals surface area (Å²) < 4.78 is 6.02. The lowest BCUT2D eigenvalue weighted by Gasteiger charge is -2.07. The van der Waals surface area contributed by atoms with Gasteiger partial charge in [0.05, 0.1) is 28.2 Å². The molecule has 0 aromatic carbocycles. The van der Waals surface area contributed by atoms with E-state index >= 15 is 0 Å². The van der Waals surface area contributed by atoms with Crippen molar-refractivity contribution >= 4 is 39.2 Å². The molecule has 0 aliphatic rings. The number of aryl methyl sites for hydroxylation is 1. The fraction of sp³-hybridized carbons (Fsp3) is 0.308. The molecule has 2 rings (SSSR count). The lowest BCUT2D eigenvalue weighted by atomic mass is 10.2. The van der Waals surface area contributed by atoms with Gasteiger partial charge in [0, 0.05) is 11.1 Å². The summed E-state index contributed by atoms with van der Waals surface area (Å²) in [6.07, 6.45) is 1.49. The van der Waals surface area contributed by atoms with Crippen LogP contribution in [0.5, 0.6) is 0 Å². The zero-order chi connectivity index (χ0) is 14.5. The molecule has 0 atom stereocenters. The van der Waals surface area contributed by atoms with Crippen LogP contribution in [-0.4, -0.2) is 22.5 Å². The maximum atomic E-state index is 11.6. The minimum atomic E-state index is -0.390. The van der Waals surface area contributed by atoms with Crippen LogP contribution in [0.15, 0.2) is 22.1 Å². The fourth-order valence-electron chi connectivity index (χ4n) is 1.57. The second-order valence-electron chi connectivity index (χ2n) is 3.97. The Labute approximate surface area is 129 Å². The van der Waals surface area contributed by atoms with Gasteiger partial charge in [0.15, 0.2) is 0 Å². The normalized spacial score (nSPS) is 10.3. The second-order valence-corrected chi connectivity index (χ2v) is 6.52. The number of aromatic nitrogens is 2. The number of thiophene rings is 1. The minimum Gasteiger partial charge on any atom is -0.462 e. The Morgan fingerprint density at radius 3 is 2.90 bits per heavy atom. The van der Waals surface area contributed by atoms with E-state index in [-0.39, 0.29) is 0 Å². The van der Waals surface area contributed by atoms with Gasteiger partial charge in [-0.1, -0.05) is 0 Å². The van der Waals surface area contributed by atoms with Gasteiger partial charge in [-0.15, -0.1) is 11.3 Å². The molecule has 20 heavy (non-hydrogen) atoms. The van der Waals surface area contributed by atoms with Crippen LogP contribution in [0.4, 0.5) is 5.95 Å². The molecule has 5 nitrogen and oxygen atoms in total. The number of hydrogen-bond donors (Lipinski definition) is 1. The van der Waals surface area contributed by atoms with Crippen molar-refractivity contribution in [1.29, 1.82) is 0 Å². The molecule has 2 heterocycles. The Kier molecular flexibility index (Phi) is 5.08. The first-order chi connectivity index (χ1) is 9.60. The Balaban J connectivity index is 2.03. The zero-order valence-corrected chi connectivity index (χ0v) is 13.5. The Hall–Kier alpha value is -1.47. The third-order valence-corrected chi connectivity index (χ3v) is 4.15. The molecule has 0 aliphatic carbocycles. The summed E-state index contributed by atoms with van der Waals surface area (Å²) in [6, 6.07) is 4.03. The third-order valence-electron chi connectivity index (χ3n) is 2.52. The summed E-state index contributed by atoms with van der Waals surface area (Å²) in [4.78, 5) is 21.2. The highest BCUT2D eigenvalue weighted by Gasteiger charge is 2.12. The van der Waals surface area contributed by atoms with Crippen LogP contribution in [0.25, 0.3) is 0 Å². The Morgan fingerprint density at radius 1 is 1.50 bits per heavy atom. The highest BCUT2D eigenvalue weighted by Crippen LogP contribution is 2.22. The summed E-state index contributed by atoms with van der Waals surface area (Å²) in [7, 11) is 0. The molecule has 1 N–H and O–H groups in total. The summed E-state index contributed by atoms with van der Waals surface area (Å²) in [5.74, 6) is 0.110. The highest BCUT2D eigenvalue weighted by atomic mass is 79.9. The molecule has 2 aromatic heterocycles. The van der Waals surface area contributed by atoms with Crippen molar-refractivity contribution < 1.29 is 9.53 Å². The van der Waals surface area contributed by atoms with Crippen molar-refractivity contribution in [2.24, 2.45) is 0 Å². The van der Waals surface area contributed by atoms with Crippen molar-refractivity contribution in [3.05, 3.63) is 38.3 Å². The van der Waals surface area contributed by atoms with Gasteiger partial charge in [0.2, 0.25) is 5.95 Å². The zero-order valence-electron chi connectivity index (χ0n) is 11.1. The smallest absolute Gasteiger partial charge is 0.341 e. The number of halogens is 1. The van der Waals surface area contributed by atoms with Gasteiger partial charge in [0.1, 0.15) is 0 Å². The lowest BCUT2D eigenvalue weighted by Crippen LogP contribution is -2.11. The quantitative estimate of drug-likeness (QED) is 0.832. The van der Waals surface area contributed by atoms with Crippen LogP contribution in [-0.2, 0) is 11.3 Å². The van der Waals surface area contributed by atoms with Gasteiger partial charge in [-0.05, 0) is 41.9 Å². The molecular weight excluding hydrogens is 342 g/mol. The first kappa shape index (κ1) is 14.9. The van der Waals surface area contributed by atoms with Gasteiger partial charge < -0.3 is 10.1 Å². The van der Waals surface area contributed by atoms with Crippen molar-refractivity contribution in [1.82, 2.24) is 9.97 Å². The summed E-state index contributed by atoms with van der Waals surface area (Å²) in [5, 5.41) is 3.13. The van der Waals surface area contributed by atoms with E-state index in [1.165, 1.54) is 11.1 Å². The van der Waals surface area contributed by atoms with E-state index in [0.29, 0.717) is 30.4 Å². The molecule has 0 amide bonds. The second kappa shape index (κ2) is 6.81. The molecule has 7 heteroatoms. The average molecular weight is 356 g/mol. The van der Waals surface area contributed by atoms with E-state index in [2.05, 4.69) is 31.2 Å². The number of anilines is 1. The molecule has 0 aliphatic heterocycles. The predicted molar refractivity (Wildman–Crippen MR) is 82.1 cm³/mol. The maximum absolute atomic E-state index is 11.6. The Morgan fingerprint density at radius 2 is 2.30 bits per heavy atom. The van der Waals surface area contributed by atoms with Crippen LogP contribution in [0.2, 0.25) is 0 Å². The van der Waals surface area contributed by atoms with Crippen LogP contribution in [0.1, 0.15) is 27.9 Å². The van der Waals surface area contributed by atoms with Crippen molar-refractivity contribution in [3.63, 3.8) is 0 Å². The summed E-state index contributed by atoms with van der Waals surface area (Å²) in [5.41, 5.74) is 1.00. The van der Waals surface area contributed by atoms with E-state index in [1.54, 1.807) is 25.2 Å². The van der Waals surface area contributed by atoms with Gasteiger partial charge in [-0.25, -0.2) is 14.8 Å². The number of esters is 1. The predicted octanol–water partition coefficient (Wildman–Crippen LogP) is 3.40. The molecule has 0 spiro atoms. The van der Waals surface area contributed by atoms with Crippen LogP contribution in [0.3, 0.4) is 0 Å². The Bertz CT molecular complexity index is 615. The average Bonchev–Trinajstić information content (AvgIpc) is 2.82. The van der Waals surface area contributed by atoms with Crippen molar-refractivity contribution in [2.45, 2.75) is 20.4 Å². The number of ether oxygens (including phenoxy) is 1. The molecule has 0 bridgehead atoms. The third kappa shape index (κ3) is 3.77. The largest absolute Gasteiger partial charge is 0.462 e. The van der Waals surface area contributed by atoms with Crippen LogP contribution >= 0.6 is 27.3 Å². The molecule has 106 valence electrons. The molecule has 2 aromatic rings. The SMILES string of the molecule is CCOC(=O)c1cnc(NCc2ccc(Br)s2)nc1C. The molecule has 0 saturated carbocycles. The molecule has 0 fully saturated rings. The van der Waals surface area contributed by atoms with Crippen LogP contribution in [0, 0.1) is 6.92 Å². The van der Waals surface area contributed by atoms with Crippen LogP contribution < -0.4 is 5.32 Å². The topological polar surface area (TPSA) is 64.1 Å². The molecule has 0 radical (unpaired) electrons. The van der Waals surface area contributed by atoms with Crippen molar-refractivity contribution in [3.8, 4) is 0 Å². The number of carbonyl (C=O) groups is 1.